The van der Waals surface area contributed by atoms with Crippen LogP contribution in [0.3, 0.4) is 0 Å². The molecular weight excluding hydrogens is 321 g/mol. The van der Waals surface area contributed by atoms with E-state index in [-0.39, 0.29) is 12.1 Å². The molecule has 1 aliphatic rings. The lowest BCUT2D eigenvalue weighted by molar-refractivity contribution is -0.141. The molecule has 2 aromatic rings. The van der Waals surface area contributed by atoms with Crippen molar-refractivity contribution in [3.8, 4) is 6.01 Å². The van der Waals surface area contributed by atoms with E-state index in [1.807, 2.05) is 11.8 Å². The van der Waals surface area contributed by atoms with Crippen molar-refractivity contribution < 1.29 is 17.9 Å². The highest BCUT2D eigenvalue weighted by Gasteiger charge is 2.33. The standard InChI is InChI=1S/C16H17F3N4O/c1-11-8-21-15(22-9-11)24-13-3-2-6-23(10-13)12-4-5-20-14(7-12)16(17,18)19/h4-5,7-9,13H,2-3,6,10H2,1H3. The van der Waals surface area contributed by atoms with Crippen molar-refractivity contribution in [3.63, 3.8) is 0 Å². The van der Waals surface area contributed by atoms with Crippen LogP contribution in [0.25, 0.3) is 0 Å². The molecule has 3 rings (SSSR count). The van der Waals surface area contributed by atoms with Crippen molar-refractivity contribution in [1.29, 1.82) is 0 Å². The lowest BCUT2D eigenvalue weighted by atomic mass is 10.1. The molecule has 0 spiro atoms. The average molecular weight is 338 g/mol. The predicted molar refractivity (Wildman–Crippen MR) is 81.9 cm³/mol. The Balaban J connectivity index is 1.70. The molecule has 1 fully saturated rings. The van der Waals surface area contributed by atoms with Gasteiger partial charge in [-0.2, -0.15) is 13.2 Å². The highest BCUT2D eigenvalue weighted by molar-refractivity contribution is 5.47. The molecule has 5 nitrogen and oxygen atoms in total. The van der Waals surface area contributed by atoms with Gasteiger partial charge in [0.2, 0.25) is 0 Å². The number of aromatic nitrogens is 3. The molecule has 0 aliphatic carbocycles. The highest BCUT2D eigenvalue weighted by atomic mass is 19.4. The summed E-state index contributed by atoms with van der Waals surface area (Å²) in [6.45, 7) is 3.04. The summed E-state index contributed by atoms with van der Waals surface area (Å²) in [5, 5.41) is 0. The first kappa shape index (κ1) is 16.5. The first-order chi connectivity index (χ1) is 11.4. The van der Waals surface area contributed by atoms with Gasteiger partial charge < -0.3 is 9.64 Å². The topological polar surface area (TPSA) is 51.1 Å². The molecule has 0 N–H and O–H groups in total. The van der Waals surface area contributed by atoms with Crippen LogP contribution >= 0.6 is 0 Å². The van der Waals surface area contributed by atoms with Crippen LogP contribution in [0.15, 0.2) is 30.7 Å². The minimum atomic E-state index is -4.45. The third-order valence-electron chi connectivity index (χ3n) is 3.81. The molecule has 2 aromatic heterocycles. The Kier molecular flexibility index (Phi) is 4.55. The van der Waals surface area contributed by atoms with Crippen LogP contribution in [0.4, 0.5) is 18.9 Å². The molecule has 0 aromatic carbocycles. The smallest absolute Gasteiger partial charge is 0.433 e. The molecule has 8 heteroatoms. The van der Waals surface area contributed by atoms with Crippen LogP contribution in [-0.4, -0.2) is 34.1 Å². The number of piperidine rings is 1. The number of anilines is 1. The van der Waals surface area contributed by atoms with Crippen molar-refractivity contribution in [2.24, 2.45) is 0 Å². The van der Waals surface area contributed by atoms with Gasteiger partial charge in [-0.25, -0.2) is 9.97 Å². The fourth-order valence-electron chi connectivity index (χ4n) is 2.63. The quantitative estimate of drug-likeness (QED) is 0.860. The summed E-state index contributed by atoms with van der Waals surface area (Å²) in [4.78, 5) is 13.5. The molecule has 1 saturated heterocycles. The zero-order valence-corrected chi connectivity index (χ0v) is 13.1. The number of hydrogen-bond donors (Lipinski definition) is 0. The molecule has 0 amide bonds. The molecule has 0 saturated carbocycles. The van der Waals surface area contributed by atoms with Crippen molar-refractivity contribution in [2.75, 3.05) is 18.0 Å². The SMILES string of the molecule is Cc1cnc(OC2CCCN(c3ccnc(C(F)(F)F)c3)C2)nc1. The molecule has 1 atom stereocenters. The Bertz CT molecular complexity index is 690. The number of pyridine rings is 1. The summed E-state index contributed by atoms with van der Waals surface area (Å²) in [6.07, 6.45) is 1.54. The average Bonchev–Trinajstić information content (AvgIpc) is 2.57. The summed E-state index contributed by atoms with van der Waals surface area (Å²) in [6, 6.07) is 2.95. The largest absolute Gasteiger partial charge is 0.458 e. The Morgan fingerprint density at radius 3 is 2.67 bits per heavy atom. The van der Waals surface area contributed by atoms with Gasteiger partial charge >= 0.3 is 12.2 Å². The number of halogens is 3. The first-order valence-corrected chi connectivity index (χ1v) is 7.65. The maximum Gasteiger partial charge on any atom is 0.433 e. The molecule has 1 unspecified atom stereocenters. The lowest BCUT2D eigenvalue weighted by Gasteiger charge is -2.34. The van der Waals surface area contributed by atoms with E-state index in [2.05, 4.69) is 15.0 Å². The number of hydrogen-bond acceptors (Lipinski definition) is 5. The Hall–Kier alpha value is -2.38. The second-order valence-electron chi connectivity index (χ2n) is 5.77. The Morgan fingerprint density at radius 1 is 1.21 bits per heavy atom. The molecule has 128 valence electrons. The number of alkyl halides is 3. The van der Waals surface area contributed by atoms with Gasteiger partial charge in [0.15, 0.2) is 0 Å². The van der Waals surface area contributed by atoms with Gasteiger partial charge in [-0.05, 0) is 37.5 Å². The third kappa shape index (κ3) is 3.93. The Morgan fingerprint density at radius 2 is 1.96 bits per heavy atom. The maximum atomic E-state index is 12.8. The van der Waals surface area contributed by atoms with Crippen LogP contribution in [-0.2, 0) is 6.18 Å². The third-order valence-corrected chi connectivity index (χ3v) is 3.81. The molecule has 1 aliphatic heterocycles. The van der Waals surface area contributed by atoms with Gasteiger partial charge in [-0.3, -0.25) is 4.98 Å². The van der Waals surface area contributed by atoms with Crippen LogP contribution in [0.5, 0.6) is 6.01 Å². The van der Waals surface area contributed by atoms with Crippen molar-refractivity contribution in [3.05, 3.63) is 42.0 Å². The number of aryl methyl sites for hydroxylation is 1. The van der Waals surface area contributed by atoms with Crippen LogP contribution in [0.1, 0.15) is 24.1 Å². The molecule has 24 heavy (non-hydrogen) atoms. The van der Waals surface area contributed by atoms with Crippen molar-refractivity contribution >= 4 is 5.69 Å². The highest BCUT2D eigenvalue weighted by Crippen LogP contribution is 2.30. The van der Waals surface area contributed by atoms with Gasteiger partial charge in [-0.15, -0.1) is 0 Å². The summed E-state index contributed by atoms with van der Waals surface area (Å²) in [5.74, 6) is 0. The molecule has 0 bridgehead atoms. The minimum Gasteiger partial charge on any atom is -0.458 e. The maximum absolute atomic E-state index is 12.8. The van der Waals surface area contributed by atoms with Crippen LogP contribution < -0.4 is 9.64 Å². The van der Waals surface area contributed by atoms with Crippen LogP contribution in [0, 0.1) is 6.92 Å². The monoisotopic (exact) mass is 338 g/mol. The number of nitrogens with zero attached hydrogens (tertiary/aromatic N) is 4. The normalized spacial score (nSPS) is 18.5. The second-order valence-corrected chi connectivity index (χ2v) is 5.77. The molecular formula is C16H17F3N4O. The first-order valence-electron chi connectivity index (χ1n) is 7.65. The summed E-state index contributed by atoms with van der Waals surface area (Å²) >= 11 is 0. The van der Waals surface area contributed by atoms with E-state index in [1.54, 1.807) is 18.5 Å². The molecule has 3 heterocycles. The summed E-state index contributed by atoms with van der Waals surface area (Å²) in [5.41, 5.74) is 0.546. The van der Waals surface area contributed by atoms with Crippen molar-refractivity contribution in [1.82, 2.24) is 15.0 Å². The number of ether oxygens (including phenoxy) is 1. The van der Waals surface area contributed by atoms with Gasteiger partial charge in [-0.1, -0.05) is 0 Å². The number of rotatable bonds is 3. The zero-order chi connectivity index (χ0) is 17.2. The predicted octanol–water partition coefficient (Wildman–Crippen LogP) is 3.25. The van der Waals surface area contributed by atoms with Crippen LogP contribution in [0.2, 0.25) is 0 Å². The second kappa shape index (κ2) is 6.62. The van der Waals surface area contributed by atoms with Gasteiger partial charge in [0.05, 0.1) is 6.54 Å². The van der Waals surface area contributed by atoms with E-state index in [4.69, 9.17) is 4.74 Å². The fourth-order valence-corrected chi connectivity index (χ4v) is 2.63. The van der Waals surface area contributed by atoms with E-state index in [1.165, 1.54) is 6.20 Å². The summed E-state index contributed by atoms with van der Waals surface area (Å²) in [7, 11) is 0. The van der Waals surface area contributed by atoms with Crippen molar-refractivity contribution in [2.45, 2.75) is 32.0 Å². The Labute approximate surface area is 137 Å². The van der Waals surface area contributed by atoms with Gasteiger partial charge in [0.25, 0.3) is 0 Å². The zero-order valence-electron chi connectivity index (χ0n) is 13.1. The van der Waals surface area contributed by atoms with E-state index in [0.717, 1.165) is 24.5 Å². The lowest BCUT2D eigenvalue weighted by Crippen LogP contribution is -2.41. The van der Waals surface area contributed by atoms with Gasteiger partial charge in [0.1, 0.15) is 11.8 Å². The van der Waals surface area contributed by atoms with E-state index >= 15 is 0 Å². The van der Waals surface area contributed by atoms with E-state index in [0.29, 0.717) is 18.8 Å². The van der Waals surface area contributed by atoms with E-state index < -0.39 is 11.9 Å². The van der Waals surface area contributed by atoms with E-state index in [9.17, 15) is 13.2 Å². The fraction of sp³-hybridized carbons (Fsp3) is 0.438. The van der Waals surface area contributed by atoms with Gasteiger partial charge in [0, 0.05) is 30.8 Å². The molecule has 0 radical (unpaired) electrons. The summed E-state index contributed by atoms with van der Waals surface area (Å²) < 4.78 is 44.2. The minimum absolute atomic E-state index is 0.163.